The van der Waals surface area contributed by atoms with E-state index in [1.54, 1.807) is 12.3 Å². The normalized spacial score (nSPS) is 10.5. The third-order valence-corrected chi connectivity index (χ3v) is 3.32. The third-order valence-electron chi connectivity index (χ3n) is 3.32. The number of nitrogens with one attached hydrogen (secondary N) is 1. The van der Waals surface area contributed by atoms with Crippen LogP contribution in [0.5, 0.6) is 0 Å². The second-order valence-electron chi connectivity index (χ2n) is 4.96. The maximum atomic E-state index is 12.3. The highest BCUT2D eigenvalue weighted by atomic mass is 16.1. The number of fused-ring (bicyclic) bond motifs is 1. The second kappa shape index (κ2) is 5.25. The van der Waals surface area contributed by atoms with Gasteiger partial charge in [0.25, 0.3) is 5.91 Å². The number of carbonyl (C=O) groups is 1. The maximum Gasteiger partial charge on any atom is 0.255 e. The van der Waals surface area contributed by atoms with Crippen LogP contribution in [0.4, 0.5) is 11.4 Å². The highest BCUT2D eigenvalue weighted by Gasteiger charge is 2.09. The van der Waals surface area contributed by atoms with Gasteiger partial charge in [-0.25, -0.2) is 0 Å². The lowest BCUT2D eigenvalue weighted by Gasteiger charge is -2.09. The number of nitrogens with zero attached hydrogens (tertiary/aromatic N) is 1. The molecule has 104 valence electrons. The third kappa shape index (κ3) is 2.69. The van der Waals surface area contributed by atoms with E-state index in [1.165, 1.54) is 0 Å². The minimum Gasteiger partial charge on any atom is -0.397 e. The van der Waals surface area contributed by atoms with E-state index in [0.29, 0.717) is 16.9 Å². The van der Waals surface area contributed by atoms with E-state index in [0.717, 1.165) is 16.5 Å². The molecule has 3 aromatic rings. The van der Waals surface area contributed by atoms with E-state index in [4.69, 9.17) is 5.73 Å². The van der Waals surface area contributed by atoms with Crippen molar-refractivity contribution >= 4 is 28.2 Å². The summed E-state index contributed by atoms with van der Waals surface area (Å²) < 4.78 is 0. The van der Waals surface area contributed by atoms with Gasteiger partial charge in [0.05, 0.1) is 16.9 Å². The average molecular weight is 277 g/mol. The van der Waals surface area contributed by atoms with Gasteiger partial charge < -0.3 is 11.1 Å². The van der Waals surface area contributed by atoms with Crippen LogP contribution < -0.4 is 11.1 Å². The summed E-state index contributed by atoms with van der Waals surface area (Å²) in [4.78, 5) is 16.5. The maximum absolute atomic E-state index is 12.3. The number of rotatable bonds is 2. The molecule has 4 nitrogen and oxygen atoms in total. The van der Waals surface area contributed by atoms with Crippen LogP contribution in [0.1, 0.15) is 15.9 Å². The first kappa shape index (κ1) is 13.1. The number of hydrogen-bond acceptors (Lipinski definition) is 3. The Kier molecular flexibility index (Phi) is 3.28. The lowest BCUT2D eigenvalue weighted by atomic mass is 10.1. The summed E-state index contributed by atoms with van der Waals surface area (Å²) >= 11 is 0. The molecule has 0 aliphatic heterocycles. The molecule has 0 fully saturated rings. The molecule has 1 amide bonds. The first-order valence-electron chi connectivity index (χ1n) is 6.66. The Morgan fingerprint density at radius 2 is 2.00 bits per heavy atom. The zero-order valence-electron chi connectivity index (χ0n) is 11.6. The standard InChI is InChI=1S/C17H15N3O/c1-11-4-6-16(14(18)9-11)20-17(21)13-5-7-15-12(10-13)3-2-8-19-15/h2-10H,18H2,1H3,(H,20,21). The largest absolute Gasteiger partial charge is 0.397 e. The molecule has 0 unspecified atom stereocenters. The number of amides is 1. The Hall–Kier alpha value is -2.88. The number of pyridine rings is 1. The molecule has 3 rings (SSSR count). The number of nitrogens with two attached hydrogens (primary N) is 1. The Morgan fingerprint density at radius 1 is 1.14 bits per heavy atom. The highest BCUT2D eigenvalue weighted by Crippen LogP contribution is 2.21. The number of aryl methyl sites for hydroxylation is 1. The summed E-state index contributed by atoms with van der Waals surface area (Å²) in [5, 5.41) is 3.77. The van der Waals surface area contributed by atoms with Crippen molar-refractivity contribution in [3.8, 4) is 0 Å². The zero-order chi connectivity index (χ0) is 14.8. The van der Waals surface area contributed by atoms with Crippen molar-refractivity contribution in [3.63, 3.8) is 0 Å². The molecule has 3 N–H and O–H groups in total. The molecule has 0 spiro atoms. The van der Waals surface area contributed by atoms with Crippen LogP contribution in [0.25, 0.3) is 10.9 Å². The number of aromatic nitrogens is 1. The smallest absolute Gasteiger partial charge is 0.255 e. The second-order valence-corrected chi connectivity index (χ2v) is 4.96. The van der Waals surface area contributed by atoms with Crippen LogP contribution >= 0.6 is 0 Å². The molecule has 0 aliphatic carbocycles. The van der Waals surface area contributed by atoms with Crippen molar-refractivity contribution in [2.45, 2.75) is 6.92 Å². The van der Waals surface area contributed by atoms with Crippen molar-refractivity contribution in [1.82, 2.24) is 4.98 Å². The summed E-state index contributed by atoms with van der Waals surface area (Å²) in [6, 6.07) is 14.8. The van der Waals surface area contributed by atoms with Crippen LogP contribution in [0, 0.1) is 6.92 Å². The summed E-state index contributed by atoms with van der Waals surface area (Å²) in [5.74, 6) is -0.184. The molecule has 2 aromatic carbocycles. The van der Waals surface area contributed by atoms with Crippen LogP contribution in [-0.4, -0.2) is 10.9 Å². The van der Waals surface area contributed by atoms with Gasteiger partial charge in [0.2, 0.25) is 0 Å². The number of benzene rings is 2. The van der Waals surface area contributed by atoms with Gasteiger partial charge in [-0.15, -0.1) is 0 Å². The summed E-state index contributed by atoms with van der Waals surface area (Å²) in [5.41, 5.74) is 9.60. The average Bonchev–Trinajstić information content (AvgIpc) is 2.49. The minimum absolute atomic E-state index is 0.184. The van der Waals surface area contributed by atoms with Crippen molar-refractivity contribution in [2.75, 3.05) is 11.1 Å². The minimum atomic E-state index is -0.184. The van der Waals surface area contributed by atoms with Gasteiger partial charge in [-0.2, -0.15) is 0 Å². The molecule has 1 aromatic heterocycles. The molecule has 1 heterocycles. The fourth-order valence-corrected chi connectivity index (χ4v) is 2.21. The molecular weight excluding hydrogens is 262 g/mol. The predicted molar refractivity (Wildman–Crippen MR) is 85.3 cm³/mol. The highest BCUT2D eigenvalue weighted by molar-refractivity contribution is 6.07. The lowest BCUT2D eigenvalue weighted by molar-refractivity contribution is 0.102. The van der Waals surface area contributed by atoms with Crippen molar-refractivity contribution < 1.29 is 4.79 Å². The first-order valence-corrected chi connectivity index (χ1v) is 6.66. The van der Waals surface area contributed by atoms with Crippen LogP contribution in [0.15, 0.2) is 54.7 Å². The van der Waals surface area contributed by atoms with E-state index in [9.17, 15) is 4.79 Å². The van der Waals surface area contributed by atoms with Gasteiger partial charge in [-0.1, -0.05) is 12.1 Å². The molecule has 21 heavy (non-hydrogen) atoms. The van der Waals surface area contributed by atoms with Gasteiger partial charge in [0, 0.05) is 17.1 Å². The van der Waals surface area contributed by atoms with Gasteiger partial charge >= 0.3 is 0 Å². The van der Waals surface area contributed by atoms with E-state index in [2.05, 4.69) is 10.3 Å². The predicted octanol–water partition coefficient (Wildman–Crippen LogP) is 3.38. The topological polar surface area (TPSA) is 68.0 Å². The SMILES string of the molecule is Cc1ccc(NC(=O)c2ccc3ncccc3c2)c(N)c1. The number of nitrogen functional groups attached to an aromatic ring is 1. The van der Waals surface area contributed by atoms with Gasteiger partial charge in [0.15, 0.2) is 0 Å². The van der Waals surface area contributed by atoms with Gasteiger partial charge in [-0.05, 0) is 48.9 Å². The number of carbonyl (C=O) groups excluding carboxylic acids is 1. The van der Waals surface area contributed by atoms with E-state index >= 15 is 0 Å². The Bertz CT molecular complexity index is 827. The van der Waals surface area contributed by atoms with Crippen molar-refractivity contribution in [2.24, 2.45) is 0 Å². The first-order chi connectivity index (χ1) is 10.1. The molecule has 0 bridgehead atoms. The number of hydrogen-bond donors (Lipinski definition) is 2. The summed E-state index contributed by atoms with van der Waals surface area (Å²) in [6.07, 6.45) is 1.73. The Balaban J connectivity index is 1.89. The summed E-state index contributed by atoms with van der Waals surface area (Å²) in [6.45, 7) is 1.96. The Morgan fingerprint density at radius 3 is 2.81 bits per heavy atom. The van der Waals surface area contributed by atoms with Crippen molar-refractivity contribution in [3.05, 3.63) is 65.9 Å². The molecule has 0 saturated heterocycles. The fourth-order valence-electron chi connectivity index (χ4n) is 2.21. The van der Waals surface area contributed by atoms with E-state index in [-0.39, 0.29) is 5.91 Å². The monoisotopic (exact) mass is 277 g/mol. The van der Waals surface area contributed by atoms with E-state index in [1.807, 2.05) is 49.4 Å². The summed E-state index contributed by atoms with van der Waals surface area (Å²) in [7, 11) is 0. The van der Waals surface area contributed by atoms with Gasteiger partial charge in [-0.3, -0.25) is 9.78 Å². The van der Waals surface area contributed by atoms with E-state index < -0.39 is 0 Å². The lowest BCUT2D eigenvalue weighted by Crippen LogP contribution is -2.13. The van der Waals surface area contributed by atoms with Crippen LogP contribution in [0.3, 0.4) is 0 Å². The van der Waals surface area contributed by atoms with Crippen molar-refractivity contribution in [1.29, 1.82) is 0 Å². The number of anilines is 2. The molecule has 0 saturated carbocycles. The Labute approximate surface area is 122 Å². The molecule has 4 heteroatoms. The van der Waals surface area contributed by atoms with Crippen LogP contribution in [-0.2, 0) is 0 Å². The molecule has 0 atom stereocenters. The quantitative estimate of drug-likeness (QED) is 0.706. The fraction of sp³-hybridized carbons (Fsp3) is 0.0588. The van der Waals surface area contributed by atoms with Crippen LogP contribution in [0.2, 0.25) is 0 Å². The molecular formula is C17H15N3O. The van der Waals surface area contributed by atoms with Gasteiger partial charge in [0.1, 0.15) is 0 Å². The molecule has 0 radical (unpaired) electrons. The zero-order valence-corrected chi connectivity index (χ0v) is 11.6. The molecule has 0 aliphatic rings.